The van der Waals surface area contributed by atoms with Gasteiger partial charge in [-0.2, -0.15) is 0 Å². The van der Waals surface area contributed by atoms with E-state index in [1.54, 1.807) is 42.6 Å². The van der Waals surface area contributed by atoms with Gasteiger partial charge in [-0.3, -0.25) is 9.52 Å². The summed E-state index contributed by atoms with van der Waals surface area (Å²) >= 11 is 0. The van der Waals surface area contributed by atoms with Gasteiger partial charge in [-0.15, -0.1) is 0 Å². The van der Waals surface area contributed by atoms with Crippen LogP contribution in [0.15, 0.2) is 78.2 Å². The average Bonchev–Trinajstić information content (AvgIpc) is 3.34. The van der Waals surface area contributed by atoms with E-state index in [4.69, 9.17) is 0 Å². The maximum absolute atomic E-state index is 14.1. The van der Waals surface area contributed by atoms with Gasteiger partial charge in [0.05, 0.1) is 10.4 Å². The molecule has 5 rings (SSSR count). The highest BCUT2D eigenvalue weighted by Crippen LogP contribution is 2.25. The van der Waals surface area contributed by atoms with Crippen molar-refractivity contribution in [2.24, 2.45) is 0 Å². The van der Waals surface area contributed by atoms with Gasteiger partial charge in [0, 0.05) is 49.6 Å². The molecule has 0 radical (unpaired) electrons. The van der Waals surface area contributed by atoms with E-state index in [1.807, 2.05) is 22.5 Å². The van der Waals surface area contributed by atoms with Gasteiger partial charge in [0.25, 0.3) is 10.0 Å². The van der Waals surface area contributed by atoms with Crippen molar-refractivity contribution in [2.45, 2.75) is 17.9 Å². The van der Waals surface area contributed by atoms with Crippen molar-refractivity contribution in [1.82, 2.24) is 19.4 Å². The number of nitrogens with zero attached hydrogens (tertiary/aromatic N) is 5. The highest BCUT2D eigenvalue weighted by molar-refractivity contribution is 7.92. The van der Waals surface area contributed by atoms with Crippen molar-refractivity contribution in [3.63, 3.8) is 0 Å². The van der Waals surface area contributed by atoms with E-state index in [1.165, 1.54) is 24.7 Å². The Kier molecular flexibility index (Phi) is 6.31. The standard InChI is InChI=1S/C25H25FN6O3S/c1-18(32-12-10-21-22(26)3-2-4-23(21)32)25(33)31-15-13-30(14-16-31)19-5-7-20(8-6-19)36(34,35)29-24-9-11-27-17-28-24/h2-12,17-18H,13-16H2,1H3,(H,27,28,29)/t18-/m0/s1. The van der Waals surface area contributed by atoms with E-state index in [2.05, 4.69) is 19.6 Å². The van der Waals surface area contributed by atoms with Crippen LogP contribution in [0.2, 0.25) is 0 Å². The summed E-state index contributed by atoms with van der Waals surface area (Å²) in [5, 5.41) is 0.500. The zero-order valence-corrected chi connectivity index (χ0v) is 20.4. The molecule has 0 saturated carbocycles. The molecule has 1 aliphatic heterocycles. The topological polar surface area (TPSA) is 100 Å². The molecule has 1 amide bonds. The minimum absolute atomic E-state index is 0.0198. The quantitative estimate of drug-likeness (QED) is 0.429. The number of amides is 1. The fraction of sp³-hybridized carbons (Fsp3) is 0.240. The second-order valence-corrected chi connectivity index (χ2v) is 10.3. The van der Waals surface area contributed by atoms with Crippen LogP contribution in [-0.2, 0) is 14.8 Å². The number of hydrogen-bond acceptors (Lipinski definition) is 6. The number of sulfonamides is 1. The first kappa shape index (κ1) is 23.7. The highest BCUT2D eigenvalue weighted by Gasteiger charge is 2.27. The zero-order chi connectivity index (χ0) is 25.3. The third-order valence-electron chi connectivity index (χ3n) is 6.41. The van der Waals surface area contributed by atoms with Crippen molar-refractivity contribution >= 4 is 38.3 Å². The van der Waals surface area contributed by atoms with Crippen LogP contribution in [0.3, 0.4) is 0 Å². The molecule has 0 aliphatic carbocycles. The summed E-state index contributed by atoms with van der Waals surface area (Å²) in [5.41, 5.74) is 1.57. The van der Waals surface area contributed by atoms with Gasteiger partial charge in [-0.05, 0) is 55.5 Å². The van der Waals surface area contributed by atoms with Crippen LogP contribution >= 0.6 is 0 Å². The lowest BCUT2D eigenvalue weighted by Gasteiger charge is -2.37. The lowest BCUT2D eigenvalue weighted by molar-refractivity contribution is -0.134. The number of halogens is 1. The van der Waals surface area contributed by atoms with Crippen molar-refractivity contribution in [3.05, 3.63) is 79.1 Å². The Hall–Kier alpha value is -3.99. The molecule has 11 heteroatoms. The second-order valence-electron chi connectivity index (χ2n) is 8.58. The largest absolute Gasteiger partial charge is 0.368 e. The molecule has 2 aromatic heterocycles. The Balaban J connectivity index is 1.22. The van der Waals surface area contributed by atoms with Crippen LogP contribution in [0.1, 0.15) is 13.0 Å². The monoisotopic (exact) mass is 508 g/mol. The van der Waals surface area contributed by atoms with Crippen LogP contribution in [0, 0.1) is 5.82 Å². The number of aromatic nitrogens is 3. The van der Waals surface area contributed by atoms with Gasteiger partial charge >= 0.3 is 0 Å². The van der Waals surface area contributed by atoms with Gasteiger partial charge in [0.1, 0.15) is 24.0 Å². The molecule has 3 heterocycles. The van der Waals surface area contributed by atoms with Gasteiger partial charge in [-0.1, -0.05) is 6.07 Å². The van der Waals surface area contributed by atoms with E-state index >= 15 is 0 Å². The predicted molar refractivity (Wildman–Crippen MR) is 135 cm³/mol. The maximum atomic E-state index is 14.1. The summed E-state index contributed by atoms with van der Waals surface area (Å²) in [7, 11) is -3.77. The lowest BCUT2D eigenvalue weighted by atomic mass is 10.2. The summed E-state index contributed by atoms with van der Waals surface area (Å²) in [4.78, 5) is 24.9. The van der Waals surface area contributed by atoms with Crippen LogP contribution in [0.5, 0.6) is 0 Å². The second kappa shape index (κ2) is 9.57. The fourth-order valence-electron chi connectivity index (χ4n) is 4.44. The van der Waals surface area contributed by atoms with Gasteiger partial charge in [0.15, 0.2) is 0 Å². The Morgan fingerprint density at radius 2 is 1.78 bits per heavy atom. The van der Waals surface area contributed by atoms with E-state index < -0.39 is 16.1 Å². The van der Waals surface area contributed by atoms with E-state index in [0.29, 0.717) is 37.1 Å². The average molecular weight is 509 g/mol. The molecular formula is C25H25FN6O3S. The maximum Gasteiger partial charge on any atom is 0.263 e. The van der Waals surface area contributed by atoms with Crippen LogP contribution < -0.4 is 9.62 Å². The number of carbonyl (C=O) groups excluding carboxylic acids is 1. The van der Waals surface area contributed by atoms with Gasteiger partial charge < -0.3 is 14.4 Å². The Morgan fingerprint density at radius 3 is 2.47 bits per heavy atom. The molecule has 2 aromatic carbocycles. The summed E-state index contributed by atoms with van der Waals surface area (Å²) in [5.74, 6) is -0.126. The summed E-state index contributed by atoms with van der Waals surface area (Å²) in [6.07, 6.45) is 4.48. The number of carbonyl (C=O) groups is 1. The molecular weight excluding hydrogens is 483 g/mol. The van der Waals surface area contributed by atoms with E-state index in [-0.39, 0.29) is 22.4 Å². The molecule has 1 fully saturated rings. The summed E-state index contributed by atoms with van der Waals surface area (Å²) in [6, 6.07) is 14.2. The number of rotatable bonds is 6. The van der Waals surface area contributed by atoms with Crippen molar-refractivity contribution in [2.75, 3.05) is 35.8 Å². The van der Waals surface area contributed by atoms with Crippen molar-refractivity contribution in [3.8, 4) is 0 Å². The number of hydrogen-bond donors (Lipinski definition) is 1. The molecule has 0 bridgehead atoms. The molecule has 9 nitrogen and oxygen atoms in total. The molecule has 4 aromatic rings. The molecule has 186 valence electrons. The van der Waals surface area contributed by atoms with Crippen LogP contribution in [0.25, 0.3) is 10.9 Å². The van der Waals surface area contributed by atoms with Crippen molar-refractivity contribution < 1.29 is 17.6 Å². The van der Waals surface area contributed by atoms with Crippen LogP contribution in [-0.4, -0.2) is 59.9 Å². The predicted octanol–water partition coefficient (Wildman–Crippen LogP) is 3.28. The molecule has 0 unspecified atom stereocenters. The molecule has 1 saturated heterocycles. The number of anilines is 2. The first-order valence-electron chi connectivity index (χ1n) is 11.5. The minimum atomic E-state index is -3.77. The minimum Gasteiger partial charge on any atom is -0.368 e. The van der Waals surface area contributed by atoms with E-state index in [9.17, 15) is 17.6 Å². The molecule has 36 heavy (non-hydrogen) atoms. The highest BCUT2D eigenvalue weighted by atomic mass is 32.2. The first-order valence-corrected chi connectivity index (χ1v) is 13.0. The number of nitrogens with one attached hydrogen (secondary N) is 1. The summed E-state index contributed by atoms with van der Waals surface area (Å²) < 4.78 is 43.5. The molecule has 1 atom stereocenters. The SMILES string of the molecule is C[C@@H](C(=O)N1CCN(c2ccc(S(=O)(=O)Nc3ccncn3)cc2)CC1)n1ccc2c(F)cccc21. The lowest BCUT2D eigenvalue weighted by Crippen LogP contribution is -2.50. The number of fused-ring (bicyclic) bond motifs is 1. The third-order valence-corrected chi connectivity index (χ3v) is 7.78. The first-order chi connectivity index (χ1) is 17.3. The number of piperazine rings is 1. The Morgan fingerprint density at radius 1 is 1.03 bits per heavy atom. The smallest absolute Gasteiger partial charge is 0.263 e. The van der Waals surface area contributed by atoms with Crippen LogP contribution in [0.4, 0.5) is 15.9 Å². The van der Waals surface area contributed by atoms with Gasteiger partial charge in [0.2, 0.25) is 5.91 Å². The Labute approximate surface area is 208 Å². The fourth-order valence-corrected chi connectivity index (χ4v) is 5.45. The number of benzene rings is 2. The Bertz CT molecular complexity index is 1480. The zero-order valence-electron chi connectivity index (χ0n) is 19.6. The third kappa shape index (κ3) is 4.61. The van der Waals surface area contributed by atoms with Gasteiger partial charge in [-0.25, -0.2) is 22.8 Å². The summed E-state index contributed by atoms with van der Waals surface area (Å²) in [6.45, 7) is 4.13. The van der Waals surface area contributed by atoms with Crippen molar-refractivity contribution in [1.29, 1.82) is 0 Å². The van der Waals surface area contributed by atoms with E-state index in [0.717, 1.165) is 5.69 Å². The molecule has 1 N–H and O–H groups in total. The molecule has 1 aliphatic rings. The normalized spacial score (nSPS) is 15.2. The molecule has 0 spiro atoms.